The summed E-state index contributed by atoms with van der Waals surface area (Å²) in [7, 11) is 0. The molecule has 0 N–H and O–H groups in total. The number of hydrogen-bond acceptors (Lipinski definition) is 2. The van der Waals surface area contributed by atoms with E-state index in [-0.39, 0.29) is 10.8 Å². The second kappa shape index (κ2) is 26.5. The monoisotopic (exact) mass is 1220 g/mol. The van der Waals surface area contributed by atoms with Crippen LogP contribution in [0.25, 0.3) is 101 Å². The number of nitrogens with zero attached hydrogens (tertiary/aromatic N) is 2. The Morgan fingerprint density at radius 2 is 0.809 bits per heavy atom. The lowest BCUT2D eigenvalue weighted by Gasteiger charge is -2.34. The van der Waals surface area contributed by atoms with Crippen molar-refractivity contribution in [3.8, 4) is 67.1 Å². The zero-order valence-corrected chi connectivity index (χ0v) is 54.4. The van der Waals surface area contributed by atoms with Crippen molar-refractivity contribution in [2.24, 2.45) is 0 Å². The van der Waals surface area contributed by atoms with Gasteiger partial charge in [0.25, 0.3) is 0 Å². The van der Waals surface area contributed by atoms with Gasteiger partial charge in [-0.1, -0.05) is 285 Å². The first kappa shape index (κ1) is 60.8. The number of hydrogen-bond donors (Lipinski definition) is 0. The molecular weight excluding hydrogens is 1140 g/mol. The SMILES string of the molecule is C=Cc1ccc(OCCCCCCCCC2(c3ccccc3)c3ccccc3-c3ccc(N(c4ccc(-c5ccc(C(C)(C)C)cc5)cc4)c4ccc(-c5ccc6c(c5)c5cc(-c7ccc(C=C)cc7)ccc5n6-c5ccc(-c6ccc(C=C)cc6)cc5)cc4)cc32)cc1. The molecule has 1 aliphatic carbocycles. The summed E-state index contributed by atoms with van der Waals surface area (Å²) in [6, 6.07) is 104. The maximum atomic E-state index is 6.10. The highest BCUT2D eigenvalue weighted by atomic mass is 16.5. The summed E-state index contributed by atoms with van der Waals surface area (Å²) in [5.74, 6) is 0.923. The van der Waals surface area contributed by atoms with E-state index in [9.17, 15) is 0 Å². The molecule has 460 valence electrons. The first-order valence-corrected chi connectivity index (χ1v) is 33.5. The Labute approximate surface area is 556 Å². The number of aromatic nitrogens is 1. The summed E-state index contributed by atoms with van der Waals surface area (Å²) in [5.41, 5.74) is 27.3. The van der Waals surface area contributed by atoms with Gasteiger partial charge in [0.15, 0.2) is 0 Å². The summed E-state index contributed by atoms with van der Waals surface area (Å²) in [4.78, 5) is 2.47. The maximum Gasteiger partial charge on any atom is 0.119 e. The molecule has 1 unspecified atom stereocenters. The summed E-state index contributed by atoms with van der Waals surface area (Å²) < 4.78 is 8.52. The molecule has 1 aromatic heterocycles. The molecule has 3 nitrogen and oxygen atoms in total. The third-order valence-electron chi connectivity index (χ3n) is 19.5. The van der Waals surface area contributed by atoms with E-state index in [1.165, 1.54) is 96.8 Å². The van der Waals surface area contributed by atoms with E-state index in [4.69, 9.17) is 4.74 Å². The predicted molar refractivity (Wildman–Crippen MR) is 402 cm³/mol. The van der Waals surface area contributed by atoms with E-state index in [1.807, 2.05) is 30.4 Å². The minimum atomic E-state index is -0.336. The van der Waals surface area contributed by atoms with Crippen molar-refractivity contribution in [2.75, 3.05) is 11.5 Å². The van der Waals surface area contributed by atoms with Gasteiger partial charge in [0, 0.05) is 38.9 Å². The normalized spacial score (nSPS) is 13.4. The second-order valence-electron chi connectivity index (χ2n) is 26.3. The molecule has 13 aromatic rings. The van der Waals surface area contributed by atoms with Gasteiger partial charge >= 0.3 is 0 Å². The average molecular weight is 1220 g/mol. The van der Waals surface area contributed by atoms with Crippen LogP contribution in [0.15, 0.2) is 299 Å². The molecule has 0 amide bonds. The highest BCUT2D eigenvalue weighted by molar-refractivity contribution is 6.12. The summed E-state index contributed by atoms with van der Waals surface area (Å²) >= 11 is 0. The number of rotatable bonds is 22. The standard InChI is InChI=1S/C91H80N2O/c1-7-64-25-31-67(32-26-64)69-39-51-79(52-40-69)93-88-57-43-73(71-33-27-65(8-2)28-34-71)61-84(88)85-62-74(44-58-89(85)93)72-41-49-78(50-42-72)92(77-47-37-70(38-48-77)68-35-45-75(46-36-68)90(4,5)6)80-53-56-83-82-23-17-18-24-86(82)91(87(83)63-80,76-21-15-14-16-22-76)59-19-12-10-11-13-20-60-94-81-54-29-66(9-3)30-55-81/h7-9,14-18,21-58,61-63H,1-3,10-13,19-20,59-60H2,4-6H3. The molecule has 0 saturated heterocycles. The van der Waals surface area contributed by atoms with Gasteiger partial charge < -0.3 is 14.2 Å². The molecule has 3 heteroatoms. The van der Waals surface area contributed by atoms with Gasteiger partial charge in [-0.15, -0.1) is 0 Å². The Morgan fingerprint density at radius 3 is 1.34 bits per heavy atom. The molecular formula is C91H80N2O. The Bertz CT molecular complexity index is 4840. The molecule has 0 aliphatic heterocycles. The van der Waals surface area contributed by atoms with E-state index in [0.29, 0.717) is 0 Å². The fourth-order valence-corrected chi connectivity index (χ4v) is 14.3. The van der Waals surface area contributed by atoms with Crippen molar-refractivity contribution in [2.45, 2.75) is 76.5 Å². The molecule has 94 heavy (non-hydrogen) atoms. The molecule has 14 rings (SSSR count). The number of anilines is 3. The molecule has 12 aromatic carbocycles. The van der Waals surface area contributed by atoms with Crippen LogP contribution in [0.5, 0.6) is 5.75 Å². The van der Waals surface area contributed by atoms with Crippen molar-refractivity contribution in [1.29, 1.82) is 0 Å². The van der Waals surface area contributed by atoms with Crippen LogP contribution in [-0.2, 0) is 10.8 Å². The third kappa shape index (κ3) is 12.1. The fraction of sp³-hybridized carbons (Fsp3) is 0.143. The van der Waals surface area contributed by atoms with E-state index in [1.54, 1.807) is 0 Å². The van der Waals surface area contributed by atoms with Crippen LogP contribution < -0.4 is 9.64 Å². The Balaban J connectivity index is 0.819. The molecule has 1 atom stereocenters. The van der Waals surface area contributed by atoms with Crippen molar-refractivity contribution in [1.82, 2.24) is 4.57 Å². The molecule has 0 radical (unpaired) electrons. The molecule has 1 aliphatic rings. The van der Waals surface area contributed by atoms with E-state index in [0.717, 1.165) is 99.6 Å². The number of fused-ring (bicyclic) bond motifs is 6. The van der Waals surface area contributed by atoms with Gasteiger partial charge in [0.2, 0.25) is 0 Å². The summed E-state index contributed by atoms with van der Waals surface area (Å²) in [6.07, 6.45) is 13.5. The molecule has 0 spiro atoms. The van der Waals surface area contributed by atoms with Gasteiger partial charge in [-0.25, -0.2) is 0 Å². The Hall–Kier alpha value is -10.7. The lowest BCUT2D eigenvalue weighted by atomic mass is 9.69. The largest absolute Gasteiger partial charge is 0.494 e. The first-order valence-electron chi connectivity index (χ1n) is 33.5. The fourth-order valence-electron chi connectivity index (χ4n) is 14.3. The van der Waals surface area contributed by atoms with Crippen molar-refractivity contribution >= 4 is 57.1 Å². The highest BCUT2D eigenvalue weighted by Crippen LogP contribution is 2.57. The van der Waals surface area contributed by atoms with Gasteiger partial charge in [0.1, 0.15) is 5.75 Å². The number of benzene rings is 12. The van der Waals surface area contributed by atoms with Crippen LogP contribution in [0, 0.1) is 0 Å². The maximum absolute atomic E-state index is 6.10. The molecule has 0 saturated carbocycles. The van der Waals surface area contributed by atoms with Crippen LogP contribution in [0.3, 0.4) is 0 Å². The average Bonchev–Trinajstić information content (AvgIpc) is 1.56. The molecule has 1 heterocycles. The zero-order chi connectivity index (χ0) is 64.2. The predicted octanol–water partition coefficient (Wildman–Crippen LogP) is 25.3. The summed E-state index contributed by atoms with van der Waals surface area (Å²) in [6.45, 7) is 19.4. The van der Waals surface area contributed by atoms with Crippen LogP contribution in [0.1, 0.15) is 105 Å². The first-order chi connectivity index (χ1) is 46.1. The Kier molecular flexibility index (Phi) is 17.1. The Morgan fingerprint density at radius 1 is 0.383 bits per heavy atom. The lowest BCUT2D eigenvalue weighted by Crippen LogP contribution is -2.27. The quantitative estimate of drug-likeness (QED) is 0.0629. The van der Waals surface area contributed by atoms with Gasteiger partial charge in [-0.3, -0.25) is 0 Å². The van der Waals surface area contributed by atoms with Crippen LogP contribution >= 0.6 is 0 Å². The lowest BCUT2D eigenvalue weighted by molar-refractivity contribution is 0.304. The van der Waals surface area contributed by atoms with E-state index in [2.05, 4.69) is 317 Å². The second-order valence-corrected chi connectivity index (χ2v) is 26.3. The van der Waals surface area contributed by atoms with Gasteiger partial charge in [-0.2, -0.15) is 0 Å². The molecule has 0 fully saturated rings. The van der Waals surface area contributed by atoms with Crippen LogP contribution in [0.4, 0.5) is 17.1 Å². The third-order valence-corrected chi connectivity index (χ3v) is 19.5. The zero-order valence-electron chi connectivity index (χ0n) is 54.4. The minimum absolute atomic E-state index is 0.0780. The number of ether oxygens (including phenoxy) is 1. The molecule has 0 bridgehead atoms. The van der Waals surface area contributed by atoms with E-state index >= 15 is 0 Å². The minimum Gasteiger partial charge on any atom is -0.494 e. The van der Waals surface area contributed by atoms with Crippen molar-refractivity contribution in [3.05, 3.63) is 338 Å². The van der Waals surface area contributed by atoms with Crippen molar-refractivity contribution < 1.29 is 4.74 Å². The highest BCUT2D eigenvalue weighted by Gasteiger charge is 2.44. The van der Waals surface area contributed by atoms with Gasteiger partial charge in [-0.05, 0) is 198 Å². The number of unbranched alkanes of at least 4 members (excludes halogenated alkanes) is 5. The van der Waals surface area contributed by atoms with Crippen LogP contribution in [0.2, 0.25) is 0 Å². The summed E-state index contributed by atoms with van der Waals surface area (Å²) in [5, 5.41) is 2.41. The smallest absolute Gasteiger partial charge is 0.119 e. The topological polar surface area (TPSA) is 17.4 Å². The van der Waals surface area contributed by atoms with E-state index < -0.39 is 0 Å². The van der Waals surface area contributed by atoms with Crippen LogP contribution in [-0.4, -0.2) is 11.2 Å². The van der Waals surface area contributed by atoms with Crippen molar-refractivity contribution in [3.63, 3.8) is 0 Å². The van der Waals surface area contributed by atoms with Gasteiger partial charge in [0.05, 0.1) is 17.6 Å².